The molecule has 4 heterocycles. The number of carbonyl (C=O) groups excluding carboxylic acids is 1. The molecule has 34 heavy (non-hydrogen) atoms. The third kappa shape index (κ3) is 5.13. The Kier molecular flexibility index (Phi) is 7.59. The fourth-order valence-electron chi connectivity index (χ4n) is 4.71. The van der Waals surface area contributed by atoms with E-state index in [4.69, 9.17) is 8.94 Å². The van der Waals surface area contributed by atoms with E-state index in [-0.39, 0.29) is 22.5 Å². The summed E-state index contributed by atoms with van der Waals surface area (Å²) >= 11 is 0. The summed E-state index contributed by atoms with van der Waals surface area (Å²) in [5, 5.41) is 3.88. The first-order valence-electron chi connectivity index (χ1n) is 12.0. The van der Waals surface area contributed by atoms with Gasteiger partial charge in [-0.2, -0.15) is 4.31 Å². The minimum absolute atomic E-state index is 0.0706. The maximum Gasteiger partial charge on any atom is 0.248 e. The Hall–Kier alpha value is -2.43. The molecule has 1 unspecified atom stereocenters. The van der Waals surface area contributed by atoms with Crippen LogP contribution in [0, 0.1) is 12.8 Å². The number of furan rings is 1. The number of hydrogen-bond acceptors (Lipinski definition) is 7. The summed E-state index contributed by atoms with van der Waals surface area (Å²) in [5.74, 6) is 0.778. The molecule has 0 aromatic carbocycles. The molecule has 0 spiro atoms. The minimum atomic E-state index is -3.80. The van der Waals surface area contributed by atoms with Crippen LogP contribution in [0.4, 0.5) is 0 Å². The molecule has 2 aromatic rings. The summed E-state index contributed by atoms with van der Waals surface area (Å²) in [4.78, 5) is 17.5. The van der Waals surface area contributed by atoms with E-state index in [0.717, 1.165) is 32.6 Å². The molecule has 10 heteroatoms. The van der Waals surface area contributed by atoms with Gasteiger partial charge in [-0.25, -0.2) is 8.42 Å². The third-order valence-corrected chi connectivity index (χ3v) is 9.07. The molecule has 2 aliphatic heterocycles. The molecule has 2 aliphatic rings. The second kappa shape index (κ2) is 10.5. The second-order valence-corrected chi connectivity index (χ2v) is 11.0. The van der Waals surface area contributed by atoms with Gasteiger partial charge in [0.25, 0.3) is 0 Å². The lowest BCUT2D eigenvalue weighted by atomic mass is 9.96. The molecule has 0 bridgehead atoms. The van der Waals surface area contributed by atoms with Crippen molar-refractivity contribution in [3.8, 4) is 0 Å². The number of sulfonamides is 1. The minimum Gasteiger partial charge on any atom is -0.465 e. The van der Waals surface area contributed by atoms with Crippen LogP contribution in [0.2, 0.25) is 0 Å². The number of hydrogen-bond donors (Lipinski definition) is 0. The lowest BCUT2D eigenvalue weighted by molar-refractivity contribution is -0.138. The average molecular weight is 491 g/mol. The summed E-state index contributed by atoms with van der Waals surface area (Å²) in [5.41, 5.74) is 0.316. The fraction of sp³-hybridized carbons (Fsp3) is 0.583. The van der Waals surface area contributed by atoms with Crippen molar-refractivity contribution in [1.82, 2.24) is 19.3 Å². The Morgan fingerprint density at radius 3 is 2.50 bits per heavy atom. The Balaban J connectivity index is 1.38. The predicted molar refractivity (Wildman–Crippen MR) is 128 cm³/mol. The molecule has 1 amide bonds. The van der Waals surface area contributed by atoms with Crippen LogP contribution in [0.3, 0.4) is 0 Å². The molecule has 0 saturated carbocycles. The van der Waals surface area contributed by atoms with E-state index in [9.17, 15) is 13.2 Å². The van der Waals surface area contributed by atoms with Gasteiger partial charge in [-0.15, -0.1) is 0 Å². The third-order valence-electron chi connectivity index (χ3n) is 7.02. The normalized spacial score (nSPS) is 20.3. The average Bonchev–Trinajstić information content (AvgIpc) is 3.51. The van der Waals surface area contributed by atoms with Gasteiger partial charge in [-0.3, -0.25) is 9.69 Å². The second-order valence-electron chi connectivity index (χ2n) is 9.11. The molecule has 4 rings (SSSR count). The van der Waals surface area contributed by atoms with Crippen molar-refractivity contribution >= 4 is 28.1 Å². The SMILES string of the molecule is CCC(C)N1CCN(C(=O)C2CCN(S(=O)(=O)c3c(C)noc3/C=C/c3ccco3)CC2)CC1. The van der Waals surface area contributed by atoms with E-state index < -0.39 is 10.0 Å². The van der Waals surface area contributed by atoms with E-state index >= 15 is 0 Å². The smallest absolute Gasteiger partial charge is 0.248 e. The van der Waals surface area contributed by atoms with Crippen LogP contribution in [-0.4, -0.2) is 78.9 Å². The first-order valence-corrected chi connectivity index (χ1v) is 13.5. The van der Waals surface area contributed by atoms with Crippen molar-refractivity contribution in [2.75, 3.05) is 39.3 Å². The molecule has 0 aliphatic carbocycles. The van der Waals surface area contributed by atoms with Gasteiger partial charge in [0.2, 0.25) is 15.9 Å². The summed E-state index contributed by atoms with van der Waals surface area (Å²) < 4.78 is 38.9. The number of nitrogens with zero attached hydrogens (tertiary/aromatic N) is 4. The van der Waals surface area contributed by atoms with E-state index in [1.165, 1.54) is 4.31 Å². The molecule has 2 aromatic heterocycles. The lowest BCUT2D eigenvalue weighted by Crippen LogP contribution is -2.53. The van der Waals surface area contributed by atoms with Crippen LogP contribution < -0.4 is 0 Å². The van der Waals surface area contributed by atoms with Crippen LogP contribution in [0.1, 0.15) is 50.3 Å². The highest BCUT2D eigenvalue weighted by molar-refractivity contribution is 7.89. The Bertz CT molecular complexity index is 1090. The Labute approximate surface area is 201 Å². The maximum atomic E-state index is 13.4. The van der Waals surface area contributed by atoms with Crippen LogP contribution in [0.15, 0.2) is 32.2 Å². The summed E-state index contributed by atoms with van der Waals surface area (Å²) in [7, 11) is -3.80. The zero-order valence-electron chi connectivity index (χ0n) is 20.1. The van der Waals surface area contributed by atoms with E-state index in [1.54, 1.807) is 37.5 Å². The van der Waals surface area contributed by atoms with Gasteiger partial charge in [0.15, 0.2) is 10.7 Å². The molecule has 2 fully saturated rings. The number of aromatic nitrogens is 1. The Morgan fingerprint density at radius 1 is 1.18 bits per heavy atom. The molecular weight excluding hydrogens is 456 g/mol. The highest BCUT2D eigenvalue weighted by Crippen LogP contribution is 2.30. The molecule has 0 radical (unpaired) electrons. The van der Waals surface area contributed by atoms with E-state index in [1.807, 2.05) is 4.90 Å². The highest BCUT2D eigenvalue weighted by atomic mass is 32.2. The van der Waals surface area contributed by atoms with Crippen molar-refractivity contribution in [2.45, 2.75) is 51.0 Å². The zero-order chi connectivity index (χ0) is 24.3. The maximum absolute atomic E-state index is 13.4. The molecular formula is C24H34N4O5S. The topological polar surface area (TPSA) is 100 Å². The van der Waals surface area contributed by atoms with Gasteiger partial charge in [0, 0.05) is 51.2 Å². The van der Waals surface area contributed by atoms with Gasteiger partial charge >= 0.3 is 0 Å². The van der Waals surface area contributed by atoms with Gasteiger partial charge in [-0.1, -0.05) is 12.1 Å². The standard InChI is InChI=1S/C24H34N4O5S/c1-4-18(2)26-13-15-27(16-14-26)24(29)20-9-11-28(12-10-20)34(30,31)23-19(3)25-33-22(23)8-7-21-6-5-17-32-21/h5-8,17-18,20H,4,9-16H2,1-3H3/b8-7+. The monoisotopic (exact) mass is 490 g/mol. The fourth-order valence-corrected chi connectivity index (χ4v) is 6.43. The number of carbonyl (C=O) groups is 1. The van der Waals surface area contributed by atoms with E-state index in [0.29, 0.717) is 43.4 Å². The van der Waals surface area contributed by atoms with Crippen LogP contribution in [-0.2, 0) is 14.8 Å². The molecule has 0 N–H and O–H groups in total. The van der Waals surface area contributed by atoms with Crippen molar-refractivity contribution in [2.24, 2.45) is 5.92 Å². The molecule has 2 saturated heterocycles. The number of amides is 1. The predicted octanol–water partition coefficient (Wildman–Crippen LogP) is 3.09. The number of aryl methyl sites for hydroxylation is 1. The van der Waals surface area contributed by atoms with Crippen LogP contribution in [0.25, 0.3) is 12.2 Å². The zero-order valence-corrected chi connectivity index (χ0v) is 21.0. The summed E-state index contributed by atoms with van der Waals surface area (Å²) in [6.07, 6.45) is 6.88. The molecule has 9 nitrogen and oxygen atoms in total. The summed E-state index contributed by atoms with van der Waals surface area (Å²) in [6.45, 7) is 9.92. The number of rotatable bonds is 7. The largest absolute Gasteiger partial charge is 0.465 e. The quantitative estimate of drug-likeness (QED) is 0.588. The lowest BCUT2D eigenvalue weighted by Gasteiger charge is -2.40. The van der Waals surface area contributed by atoms with Crippen LogP contribution in [0.5, 0.6) is 0 Å². The van der Waals surface area contributed by atoms with Crippen molar-refractivity contribution in [3.63, 3.8) is 0 Å². The summed E-state index contributed by atoms with van der Waals surface area (Å²) in [6, 6.07) is 4.05. The van der Waals surface area contributed by atoms with Crippen molar-refractivity contribution < 1.29 is 22.2 Å². The first-order chi connectivity index (χ1) is 16.3. The number of piperazine rings is 1. The van der Waals surface area contributed by atoms with Gasteiger partial charge in [-0.05, 0) is 57.4 Å². The van der Waals surface area contributed by atoms with Gasteiger partial charge in [0.05, 0.1) is 6.26 Å². The van der Waals surface area contributed by atoms with Crippen molar-refractivity contribution in [3.05, 3.63) is 35.6 Å². The van der Waals surface area contributed by atoms with E-state index in [2.05, 4.69) is 23.9 Å². The first kappa shape index (κ1) is 24.7. The van der Waals surface area contributed by atoms with Crippen molar-refractivity contribution in [1.29, 1.82) is 0 Å². The number of piperidine rings is 1. The van der Waals surface area contributed by atoms with Gasteiger partial charge < -0.3 is 13.8 Å². The van der Waals surface area contributed by atoms with Crippen LogP contribution >= 0.6 is 0 Å². The molecule has 1 atom stereocenters. The van der Waals surface area contributed by atoms with Gasteiger partial charge in [0.1, 0.15) is 11.5 Å². The Morgan fingerprint density at radius 2 is 1.88 bits per heavy atom. The molecule has 186 valence electrons. The highest BCUT2D eigenvalue weighted by Gasteiger charge is 2.37.